The Hall–Kier alpha value is 0.250. The van der Waals surface area contributed by atoms with Gasteiger partial charge in [-0.15, -0.1) is 11.6 Å². The molecular weight excluding hydrogens is 242 g/mol. The fourth-order valence-corrected chi connectivity index (χ4v) is 2.25. The van der Waals surface area contributed by atoms with Crippen molar-refractivity contribution in [3.63, 3.8) is 0 Å². The van der Waals surface area contributed by atoms with Gasteiger partial charge in [-0.3, -0.25) is 0 Å². The van der Waals surface area contributed by atoms with Crippen molar-refractivity contribution in [3.8, 4) is 0 Å². The molecule has 0 saturated carbocycles. The second kappa shape index (κ2) is 15.3. The van der Waals surface area contributed by atoms with Gasteiger partial charge in [-0.25, -0.2) is 0 Å². The molecule has 18 heavy (non-hydrogen) atoms. The number of halogens is 1. The van der Waals surface area contributed by atoms with E-state index >= 15 is 0 Å². The minimum Gasteiger partial charge on any atom is -0.316 e. The van der Waals surface area contributed by atoms with Crippen LogP contribution in [0.4, 0.5) is 0 Å². The van der Waals surface area contributed by atoms with Crippen LogP contribution in [0.2, 0.25) is 0 Å². The topological polar surface area (TPSA) is 12.0 Å². The Labute approximate surface area is 120 Å². The van der Waals surface area contributed by atoms with E-state index in [1.54, 1.807) is 0 Å². The molecule has 1 nitrogen and oxygen atoms in total. The van der Waals surface area contributed by atoms with Gasteiger partial charge in [0.15, 0.2) is 0 Å². The average molecular weight is 276 g/mol. The number of rotatable bonds is 14. The van der Waals surface area contributed by atoms with Crippen LogP contribution in [0.25, 0.3) is 0 Å². The highest BCUT2D eigenvalue weighted by atomic mass is 35.5. The van der Waals surface area contributed by atoms with Gasteiger partial charge in [0.1, 0.15) is 0 Å². The molecule has 0 rings (SSSR count). The van der Waals surface area contributed by atoms with Crippen LogP contribution in [0, 0.1) is 5.92 Å². The first-order valence-electron chi connectivity index (χ1n) is 8.08. The second-order valence-electron chi connectivity index (χ2n) is 5.65. The monoisotopic (exact) mass is 275 g/mol. The second-order valence-corrected chi connectivity index (χ2v) is 5.95. The fraction of sp³-hybridized carbons (Fsp3) is 1.00. The van der Waals surface area contributed by atoms with Gasteiger partial charge in [0.25, 0.3) is 0 Å². The summed E-state index contributed by atoms with van der Waals surface area (Å²) in [7, 11) is 0. The lowest BCUT2D eigenvalue weighted by Gasteiger charge is -2.08. The van der Waals surface area contributed by atoms with E-state index in [-0.39, 0.29) is 0 Å². The molecule has 1 unspecified atom stereocenters. The highest BCUT2D eigenvalue weighted by Crippen LogP contribution is 2.10. The predicted octanol–water partition coefficient (Wildman–Crippen LogP) is 5.37. The van der Waals surface area contributed by atoms with E-state index in [9.17, 15) is 0 Å². The smallest absolute Gasteiger partial charge is 0.0261 e. The van der Waals surface area contributed by atoms with Crippen LogP contribution in [-0.4, -0.2) is 19.0 Å². The van der Waals surface area contributed by atoms with Crippen LogP contribution in [0.15, 0.2) is 0 Å². The van der Waals surface area contributed by atoms with E-state index in [1.165, 1.54) is 64.2 Å². The summed E-state index contributed by atoms with van der Waals surface area (Å²) in [6, 6.07) is 0. The zero-order valence-corrected chi connectivity index (χ0v) is 13.4. The van der Waals surface area contributed by atoms with Gasteiger partial charge < -0.3 is 5.32 Å². The number of nitrogens with one attached hydrogen (secondary N) is 1. The molecule has 0 saturated heterocycles. The average Bonchev–Trinajstić information content (AvgIpc) is 2.39. The molecule has 0 aromatic rings. The number of hydrogen-bond acceptors (Lipinski definition) is 1. The van der Waals surface area contributed by atoms with Crippen molar-refractivity contribution in [1.29, 1.82) is 0 Å². The fourth-order valence-electron chi connectivity index (χ4n) is 2.14. The van der Waals surface area contributed by atoms with Gasteiger partial charge in [-0.2, -0.15) is 0 Å². The van der Waals surface area contributed by atoms with Crippen molar-refractivity contribution >= 4 is 11.6 Å². The lowest BCUT2D eigenvalue weighted by Crippen LogP contribution is -2.22. The summed E-state index contributed by atoms with van der Waals surface area (Å²) in [6.45, 7) is 6.71. The lowest BCUT2D eigenvalue weighted by molar-refractivity contribution is 0.517. The van der Waals surface area contributed by atoms with Crippen LogP contribution in [0.5, 0.6) is 0 Å². The molecular formula is C16H34ClN. The van der Waals surface area contributed by atoms with E-state index < -0.39 is 0 Å². The molecule has 0 amide bonds. The molecule has 0 aliphatic rings. The molecule has 0 spiro atoms. The maximum Gasteiger partial charge on any atom is 0.0261 e. The van der Waals surface area contributed by atoms with Gasteiger partial charge in [0.05, 0.1) is 0 Å². The Balaban J connectivity index is 2.94. The van der Waals surface area contributed by atoms with Crippen molar-refractivity contribution in [3.05, 3.63) is 0 Å². The zero-order chi connectivity index (χ0) is 13.5. The molecule has 110 valence electrons. The number of unbranched alkanes of at least 4 members (excludes halogenated alkanes) is 9. The molecule has 0 aromatic carbocycles. The third-order valence-corrected chi connectivity index (χ3v) is 3.99. The first-order chi connectivity index (χ1) is 8.81. The molecule has 0 bridgehead atoms. The van der Waals surface area contributed by atoms with Crippen molar-refractivity contribution in [1.82, 2.24) is 5.32 Å². The Bertz CT molecular complexity index is 150. The normalized spacial score (nSPS) is 12.8. The summed E-state index contributed by atoms with van der Waals surface area (Å²) in [4.78, 5) is 0. The van der Waals surface area contributed by atoms with Crippen LogP contribution in [-0.2, 0) is 0 Å². The Morgan fingerprint density at radius 2 is 1.33 bits per heavy atom. The largest absolute Gasteiger partial charge is 0.316 e. The SMILES string of the molecule is CCCCCCCCCCCCNCC(C)CCl. The molecule has 2 heteroatoms. The Morgan fingerprint density at radius 1 is 0.833 bits per heavy atom. The minimum absolute atomic E-state index is 0.606. The zero-order valence-electron chi connectivity index (χ0n) is 12.6. The highest BCUT2D eigenvalue weighted by molar-refractivity contribution is 6.18. The van der Waals surface area contributed by atoms with Gasteiger partial charge in [0, 0.05) is 5.88 Å². The maximum atomic E-state index is 5.75. The molecule has 0 fully saturated rings. The predicted molar refractivity (Wildman–Crippen MR) is 84.6 cm³/mol. The van der Waals surface area contributed by atoms with Crippen molar-refractivity contribution in [2.75, 3.05) is 19.0 Å². The number of alkyl halides is 1. The van der Waals surface area contributed by atoms with Gasteiger partial charge in [-0.05, 0) is 25.4 Å². The summed E-state index contributed by atoms with van der Waals surface area (Å²) in [6.07, 6.45) is 14.1. The minimum atomic E-state index is 0.606. The van der Waals surface area contributed by atoms with Crippen LogP contribution in [0.3, 0.4) is 0 Å². The first kappa shape index (κ1) is 18.2. The summed E-state index contributed by atoms with van der Waals surface area (Å²) >= 11 is 5.75. The first-order valence-corrected chi connectivity index (χ1v) is 8.61. The van der Waals surface area contributed by atoms with E-state index in [0.717, 1.165) is 19.0 Å². The van der Waals surface area contributed by atoms with E-state index in [0.29, 0.717) is 5.92 Å². The summed E-state index contributed by atoms with van der Waals surface area (Å²) in [5.74, 6) is 1.38. The van der Waals surface area contributed by atoms with Crippen molar-refractivity contribution in [2.24, 2.45) is 5.92 Å². The third-order valence-electron chi connectivity index (χ3n) is 3.46. The highest BCUT2D eigenvalue weighted by Gasteiger charge is 1.98. The van der Waals surface area contributed by atoms with Gasteiger partial charge in [0.2, 0.25) is 0 Å². The molecule has 0 aliphatic carbocycles. The van der Waals surface area contributed by atoms with E-state index in [2.05, 4.69) is 19.2 Å². The van der Waals surface area contributed by atoms with Crippen LogP contribution >= 0.6 is 11.6 Å². The van der Waals surface area contributed by atoms with E-state index in [4.69, 9.17) is 11.6 Å². The molecule has 1 N–H and O–H groups in total. The molecule has 0 aliphatic heterocycles. The van der Waals surface area contributed by atoms with Gasteiger partial charge >= 0.3 is 0 Å². The summed E-state index contributed by atoms with van der Waals surface area (Å²) in [5, 5.41) is 3.48. The van der Waals surface area contributed by atoms with Crippen LogP contribution < -0.4 is 5.32 Å². The van der Waals surface area contributed by atoms with E-state index in [1.807, 2.05) is 0 Å². The maximum absolute atomic E-state index is 5.75. The van der Waals surface area contributed by atoms with Crippen molar-refractivity contribution in [2.45, 2.75) is 78.1 Å². The Kier molecular flexibility index (Phi) is 15.5. The van der Waals surface area contributed by atoms with Gasteiger partial charge in [-0.1, -0.05) is 71.6 Å². The quantitative estimate of drug-likeness (QED) is 0.332. The third kappa shape index (κ3) is 14.3. The molecule has 1 atom stereocenters. The number of hydrogen-bond donors (Lipinski definition) is 1. The molecule has 0 heterocycles. The lowest BCUT2D eigenvalue weighted by atomic mass is 10.1. The molecule has 0 radical (unpaired) electrons. The van der Waals surface area contributed by atoms with Crippen molar-refractivity contribution < 1.29 is 0 Å². The molecule has 0 aromatic heterocycles. The summed E-state index contributed by atoms with van der Waals surface area (Å²) in [5.41, 5.74) is 0. The Morgan fingerprint density at radius 3 is 1.83 bits per heavy atom. The summed E-state index contributed by atoms with van der Waals surface area (Å²) < 4.78 is 0. The van der Waals surface area contributed by atoms with Crippen LogP contribution in [0.1, 0.15) is 78.1 Å². The standard InChI is InChI=1S/C16H34ClN/c1-3-4-5-6-7-8-9-10-11-12-13-18-15-16(2)14-17/h16,18H,3-15H2,1-2H3.